The summed E-state index contributed by atoms with van der Waals surface area (Å²) >= 11 is 0. The van der Waals surface area contributed by atoms with Gasteiger partial charge in [0.15, 0.2) is 0 Å². The minimum atomic E-state index is 0.495. The largest absolute Gasteiger partial charge is 0.0848 e. The number of allylic oxidation sites excluding steroid dienone is 2. The van der Waals surface area contributed by atoms with Crippen LogP contribution in [-0.4, -0.2) is 0 Å². The molecule has 0 spiro atoms. The zero-order valence-electron chi connectivity index (χ0n) is 13.3. The number of hydrogen-bond donors (Lipinski definition) is 0. The Hall–Kier alpha value is -1.82. The Bertz CT molecular complexity index is 774. The third-order valence-corrected chi connectivity index (χ3v) is 7.38. The molecule has 4 aliphatic carbocycles. The monoisotopic (exact) mass is 298 g/mol. The van der Waals surface area contributed by atoms with E-state index in [0.29, 0.717) is 5.41 Å². The van der Waals surface area contributed by atoms with Gasteiger partial charge in [-0.05, 0) is 59.5 Å². The summed E-state index contributed by atoms with van der Waals surface area (Å²) in [6, 6.07) is 22.7. The van der Waals surface area contributed by atoms with Crippen molar-refractivity contribution in [1.82, 2.24) is 0 Å². The lowest BCUT2D eigenvalue weighted by Crippen LogP contribution is -2.20. The lowest BCUT2D eigenvalue weighted by molar-refractivity contribution is 0.418. The molecule has 0 amide bonds. The first-order valence-corrected chi connectivity index (χ1v) is 9.19. The van der Waals surface area contributed by atoms with Crippen molar-refractivity contribution in [2.75, 3.05) is 0 Å². The average Bonchev–Trinajstić information content (AvgIpc) is 3.47. The highest BCUT2D eigenvalue weighted by atomic mass is 14.8. The van der Waals surface area contributed by atoms with E-state index in [0.717, 1.165) is 35.5 Å². The van der Waals surface area contributed by atoms with E-state index in [-0.39, 0.29) is 0 Å². The predicted octanol–water partition coefficient (Wildman–Crippen LogP) is 5.18. The Morgan fingerprint density at radius 1 is 0.739 bits per heavy atom. The molecule has 0 heteroatoms. The van der Waals surface area contributed by atoms with E-state index in [1.165, 1.54) is 12.8 Å². The fourth-order valence-corrected chi connectivity index (χ4v) is 6.57. The zero-order valence-corrected chi connectivity index (χ0v) is 13.3. The summed E-state index contributed by atoms with van der Waals surface area (Å²) in [5, 5.41) is 0. The molecule has 23 heavy (non-hydrogen) atoms. The second-order valence-corrected chi connectivity index (χ2v) is 8.16. The Morgan fingerprint density at radius 2 is 1.48 bits per heavy atom. The fourth-order valence-electron chi connectivity index (χ4n) is 6.57. The van der Waals surface area contributed by atoms with Crippen LogP contribution in [0, 0.1) is 29.6 Å². The third-order valence-electron chi connectivity index (χ3n) is 7.38. The quantitative estimate of drug-likeness (QED) is 0.685. The molecule has 114 valence electrons. The Morgan fingerprint density at radius 3 is 2.26 bits per heavy atom. The number of fused-ring (bicyclic) bond motifs is 5. The SMILES string of the molecule is C1=C[C@H]2C[C@@H]1[C@@]1(c3ccccc3)[C@H]([C@@H]3C[C@H]3c3ccccc3)[C@@H]21. The molecule has 0 unspecified atom stereocenters. The maximum absolute atomic E-state index is 2.55. The van der Waals surface area contributed by atoms with Crippen molar-refractivity contribution in [2.45, 2.75) is 24.2 Å². The first-order valence-electron chi connectivity index (χ1n) is 9.19. The zero-order chi connectivity index (χ0) is 15.0. The fraction of sp³-hybridized carbons (Fsp3) is 0.391. The van der Waals surface area contributed by atoms with Crippen LogP contribution in [0.1, 0.15) is 29.9 Å². The van der Waals surface area contributed by atoms with Crippen molar-refractivity contribution in [1.29, 1.82) is 0 Å². The van der Waals surface area contributed by atoms with Crippen molar-refractivity contribution in [3.05, 3.63) is 83.9 Å². The number of hydrogen-bond acceptors (Lipinski definition) is 0. The summed E-state index contributed by atoms with van der Waals surface area (Å²) in [5.41, 5.74) is 3.70. The molecule has 2 aromatic carbocycles. The van der Waals surface area contributed by atoms with Gasteiger partial charge in [0.25, 0.3) is 0 Å². The summed E-state index contributed by atoms with van der Waals surface area (Å²) in [5.74, 6) is 5.27. The standard InChI is InChI=1S/C23H22/c1-3-7-15(8-4-1)19-14-20(19)22-21-16-11-12-18(13-16)23(21,22)17-9-5-2-6-10-17/h1-12,16,18-22H,13-14H2/t16-,18+,19-,20+,21+,22+,23+/m0/s1. The molecule has 2 aromatic rings. The predicted molar refractivity (Wildman–Crippen MR) is 93.1 cm³/mol. The third kappa shape index (κ3) is 1.48. The van der Waals surface area contributed by atoms with Crippen LogP contribution >= 0.6 is 0 Å². The van der Waals surface area contributed by atoms with Crippen molar-refractivity contribution in [3.63, 3.8) is 0 Å². The van der Waals surface area contributed by atoms with Gasteiger partial charge in [-0.3, -0.25) is 0 Å². The Balaban J connectivity index is 1.37. The summed E-state index contributed by atoms with van der Waals surface area (Å²) in [7, 11) is 0. The van der Waals surface area contributed by atoms with Gasteiger partial charge in [-0.1, -0.05) is 72.8 Å². The second-order valence-electron chi connectivity index (χ2n) is 8.16. The molecule has 6 rings (SSSR count). The van der Waals surface area contributed by atoms with Crippen LogP contribution < -0.4 is 0 Å². The molecule has 0 saturated heterocycles. The van der Waals surface area contributed by atoms with Gasteiger partial charge in [0, 0.05) is 5.41 Å². The van der Waals surface area contributed by atoms with Crippen molar-refractivity contribution in [3.8, 4) is 0 Å². The minimum absolute atomic E-state index is 0.495. The van der Waals surface area contributed by atoms with Crippen LogP contribution in [0.3, 0.4) is 0 Å². The highest BCUT2D eigenvalue weighted by Crippen LogP contribution is 2.82. The first-order chi connectivity index (χ1) is 11.4. The van der Waals surface area contributed by atoms with Gasteiger partial charge in [-0.25, -0.2) is 0 Å². The van der Waals surface area contributed by atoms with Gasteiger partial charge in [0.05, 0.1) is 0 Å². The summed E-state index contributed by atoms with van der Waals surface area (Å²) < 4.78 is 0. The van der Waals surface area contributed by atoms with Gasteiger partial charge in [-0.15, -0.1) is 0 Å². The van der Waals surface area contributed by atoms with Crippen LogP contribution in [0.25, 0.3) is 0 Å². The lowest BCUT2D eigenvalue weighted by Gasteiger charge is -2.23. The molecule has 7 atom stereocenters. The van der Waals surface area contributed by atoms with E-state index in [1.807, 2.05) is 0 Å². The smallest absolute Gasteiger partial charge is 0.00870 e. The van der Waals surface area contributed by atoms with Crippen LogP contribution in [0.5, 0.6) is 0 Å². The maximum Gasteiger partial charge on any atom is 0.00870 e. The Labute approximate surface area is 138 Å². The minimum Gasteiger partial charge on any atom is -0.0848 e. The highest BCUT2D eigenvalue weighted by Gasteiger charge is 2.79. The molecule has 0 aliphatic heterocycles. The maximum atomic E-state index is 2.55. The summed E-state index contributed by atoms with van der Waals surface area (Å²) in [6.45, 7) is 0. The molecule has 0 radical (unpaired) electrons. The van der Waals surface area contributed by atoms with E-state index in [9.17, 15) is 0 Å². The van der Waals surface area contributed by atoms with Crippen molar-refractivity contribution < 1.29 is 0 Å². The first kappa shape index (κ1) is 12.6. The van der Waals surface area contributed by atoms with Crippen LogP contribution in [0.4, 0.5) is 0 Å². The van der Waals surface area contributed by atoms with Gasteiger partial charge in [-0.2, -0.15) is 0 Å². The van der Waals surface area contributed by atoms with E-state index in [2.05, 4.69) is 72.8 Å². The second kappa shape index (κ2) is 4.17. The molecule has 4 aliphatic rings. The molecular formula is C23H22. The summed E-state index contributed by atoms with van der Waals surface area (Å²) in [4.78, 5) is 0. The molecule has 0 nitrogen and oxygen atoms in total. The molecule has 0 N–H and O–H groups in total. The van der Waals surface area contributed by atoms with Crippen LogP contribution in [-0.2, 0) is 5.41 Å². The van der Waals surface area contributed by atoms with Crippen molar-refractivity contribution in [2.24, 2.45) is 29.6 Å². The molecule has 2 bridgehead atoms. The number of rotatable bonds is 3. The van der Waals surface area contributed by atoms with Crippen LogP contribution in [0.15, 0.2) is 72.8 Å². The average molecular weight is 298 g/mol. The summed E-state index contributed by atoms with van der Waals surface area (Å²) in [6.07, 6.45) is 7.92. The lowest BCUT2D eigenvalue weighted by atomic mass is 9.80. The van der Waals surface area contributed by atoms with Crippen molar-refractivity contribution >= 4 is 0 Å². The van der Waals surface area contributed by atoms with E-state index in [1.54, 1.807) is 11.1 Å². The van der Waals surface area contributed by atoms with Gasteiger partial charge in [0.2, 0.25) is 0 Å². The normalized spacial score (nSPS) is 45.0. The van der Waals surface area contributed by atoms with Gasteiger partial charge < -0.3 is 0 Å². The van der Waals surface area contributed by atoms with Gasteiger partial charge in [0.1, 0.15) is 0 Å². The molecule has 0 heterocycles. The topological polar surface area (TPSA) is 0 Å². The molecule has 3 fully saturated rings. The van der Waals surface area contributed by atoms with E-state index in [4.69, 9.17) is 0 Å². The Kier molecular flexibility index (Phi) is 2.28. The van der Waals surface area contributed by atoms with Gasteiger partial charge >= 0.3 is 0 Å². The molecule has 3 saturated carbocycles. The molecular weight excluding hydrogens is 276 g/mol. The van der Waals surface area contributed by atoms with Crippen LogP contribution in [0.2, 0.25) is 0 Å². The van der Waals surface area contributed by atoms with E-state index < -0.39 is 0 Å². The highest BCUT2D eigenvalue weighted by molar-refractivity contribution is 5.48. The number of benzene rings is 2. The van der Waals surface area contributed by atoms with E-state index >= 15 is 0 Å². The molecule has 0 aromatic heterocycles.